The Morgan fingerprint density at radius 1 is 0.885 bits per heavy atom. The molecule has 0 aromatic heterocycles. The van der Waals surface area contributed by atoms with Crippen LogP contribution in [-0.2, 0) is 16.0 Å². The number of urea groups is 1. The quantitative estimate of drug-likeness (QED) is 0.678. The molecule has 7 heteroatoms. The molecule has 0 radical (unpaired) electrons. The summed E-state index contributed by atoms with van der Waals surface area (Å²) in [5.41, 5.74) is 2.39. The van der Waals surface area contributed by atoms with Gasteiger partial charge in [-0.05, 0) is 48.4 Å². The van der Waals surface area contributed by atoms with Gasteiger partial charge >= 0.3 is 6.03 Å². The molecular weight excluding hydrogens is 334 g/mol. The van der Waals surface area contributed by atoms with Crippen molar-refractivity contribution in [2.45, 2.75) is 6.42 Å². The third-order valence-electron chi connectivity index (χ3n) is 3.56. The average Bonchev–Trinajstić information content (AvgIpc) is 2.64. The predicted molar refractivity (Wildman–Crippen MR) is 101 cm³/mol. The molecule has 0 aliphatic carbocycles. The molecule has 7 nitrogen and oxygen atoms in total. The Balaban J connectivity index is 1.73. The van der Waals surface area contributed by atoms with Gasteiger partial charge in [-0.15, -0.1) is 0 Å². The van der Waals surface area contributed by atoms with Gasteiger partial charge in [-0.3, -0.25) is 4.79 Å². The van der Waals surface area contributed by atoms with Crippen molar-refractivity contribution in [3.63, 3.8) is 0 Å². The summed E-state index contributed by atoms with van der Waals surface area (Å²) in [6.07, 6.45) is 0.724. The second-order valence-electron chi connectivity index (χ2n) is 5.54. The van der Waals surface area contributed by atoms with Gasteiger partial charge in [0.2, 0.25) is 5.91 Å². The number of nitrogens with one attached hydrogen (secondary N) is 3. The third kappa shape index (κ3) is 6.45. The van der Waals surface area contributed by atoms with E-state index in [4.69, 9.17) is 9.47 Å². The molecule has 0 fully saturated rings. The molecule has 0 spiro atoms. The molecule has 2 aromatic rings. The maximum absolute atomic E-state index is 11.9. The molecule has 0 heterocycles. The zero-order valence-corrected chi connectivity index (χ0v) is 14.9. The normalized spacial score (nSPS) is 10.1. The summed E-state index contributed by atoms with van der Waals surface area (Å²) in [5, 5.41) is 8.23. The molecule has 26 heavy (non-hydrogen) atoms. The smallest absolute Gasteiger partial charge is 0.319 e. The van der Waals surface area contributed by atoms with Gasteiger partial charge in [0.25, 0.3) is 0 Å². The Hall–Kier alpha value is -3.06. The first-order valence-corrected chi connectivity index (χ1v) is 8.17. The molecule has 0 saturated heterocycles. The number of amides is 3. The summed E-state index contributed by atoms with van der Waals surface area (Å²) in [5.74, 6) is 0.575. The number of hydrogen-bond donors (Lipinski definition) is 3. The van der Waals surface area contributed by atoms with Crippen molar-refractivity contribution in [1.82, 2.24) is 5.32 Å². The van der Waals surface area contributed by atoms with Gasteiger partial charge in [0, 0.05) is 25.0 Å². The fourth-order valence-electron chi connectivity index (χ4n) is 2.25. The van der Waals surface area contributed by atoms with Gasteiger partial charge in [0.05, 0.1) is 7.11 Å². The Morgan fingerprint density at radius 2 is 1.50 bits per heavy atom. The van der Waals surface area contributed by atoms with E-state index >= 15 is 0 Å². The van der Waals surface area contributed by atoms with Crippen molar-refractivity contribution in [2.24, 2.45) is 0 Å². The van der Waals surface area contributed by atoms with Crippen LogP contribution in [0, 0.1) is 0 Å². The Labute approximate surface area is 152 Å². The topological polar surface area (TPSA) is 88.7 Å². The van der Waals surface area contributed by atoms with E-state index in [1.807, 2.05) is 24.3 Å². The summed E-state index contributed by atoms with van der Waals surface area (Å²) < 4.78 is 9.86. The molecule has 0 atom stereocenters. The van der Waals surface area contributed by atoms with Crippen molar-refractivity contribution in [3.05, 3.63) is 54.1 Å². The van der Waals surface area contributed by atoms with Gasteiger partial charge in [0.1, 0.15) is 12.4 Å². The second kappa shape index (κ2) is 10.0. The minimum Gasteiger partial charge on any atom is -0.497 e. The van der Waals surface area contributed by atoms with Crippen LogP contribution in [0.1, 0.15) is 5.56 Å². The molecule has 0 saturated carbocycles. The molecule has 3 N–H and O–H groups in total. The third-order valence-corrected chi connectivity index (χ3v) is 3.56. The predicted octanol–water partition coefficient (Wildman–Crippen LogP) is 2.64. The fourth-order valence-corrected chi connectivity index (χ4v) is 2.25. The zero-order chi connectivity index (χ0) is 18.8. The van der Waals surface area contributed by atoms with E-state index in [2.05, 4.69) is 16.0 Å². The summed E-state index contributed by atoms with van der Waals surface area (Å²) in [7, 11) is 3.08. The molecule has 2 aromatic carbocycles. The SMILES string of the molecule is COCC(=O)Nc1ccc(NC(=O)NCCc2ccc(OC)cc2)cc1. The minimum atomic E-state index is -0.283. The number of anilines is 2. The van der Waals surface area contributed by atoms with Crippen molar-refractivity contribution in [3.8, 4) is 5.75 Å². The number of carbonyl (C=O) groups is 2. The molecule has 0 unspecified atom stereocenters. The lowest BCUT2D eigenvalue weighted by atomic mass is 10.1. The Kier molecular flexibility index (Phi) is 7.45. The van der Waals surface area contributed by atoms with Crippen LogP contribution in [0.2, 0.25) is 0 Å². The zero-order valence-electron chi connectivity index (χ0n) is 14.9. The van der Waals surface area contributed by atoms with Crippen LogP contribution in [-0.4, -0.2) is 39.3 Å². The lowest BCUT2D eigenvalue weighted by Gasteiger charge is -2.09. The van der Waals surface area contributed by atoms with Crippen LogP contribution >= 0.6 is 0 Å². The summed E-state index contributed by atoms with van der Waals surface area (Å²) in [6, 6.07) is 14.3. The highest BCUT2D eigenvalue weighted by molar-refractivity contribution is 5.93. The van der Waals surface area contributed by atoms with Crippen molar-refractivity contribution >= 4 is 23.3 Å². The van der Waals surface area contributed by atoms with Crippen molar-refractivity contribution in [2.75, 3.05) is 38.0 Å². The highest BCUT2D eigenvalue weighted by Crippen LogP contribution is 2.14. The molecule has 138 valence electrons. The first-order valence-electron chi connectivity index (χ1n) is 8.17. The van der Waals surface area contributed by atoms with Crippen molar-refractivity contribution in [1.29, 1.82) is 0 Å². The van der Waals surface area contributed by atoms with E-state index < -0.39 is 0 Å². The van der Waals surface area contributed by atoms with E-state index in [1.54, 1.807) is 31.4 Å². The van der Waals surface area contributed by atoms with E-state index in [1.165, 1.54) is 7.11 Å². The monoisotopic (exact) mass is 357 g/mol. The molecule has 0 bridgehead atoms. The summed E-state index contributed by atoms with van der Waals surface area (Å²) in [4.78, 5) is 23.3. The van der Waals surface area contributed by atoms with Crippen LogP contribution in [0.15, 0.2) is 48.5 Å². The Bertz CT molecular complexity index is 715. The largest absolute Gasteiger partial charge is 0.497 e. The first-order chi connectivity index (χ1) is 12.6. The maximum Gasteiger partial charge on any atom is 0.319 e. The van der Waals surface area contributed by atoms with Crippen LogP contribution in [0.3, 0.4) is 0 Å². The number of rotatable bonds is 8. The van der Waals surface area contributed by atoms with Gasteiger partial charge in [0.15, 0.2) is 0 Å². The molecule has 2 rings (SSSR count). The number of hydrogen-bond acceptors (Lipinski definition) is 4. The lowest BCUT2D eigenvalue weighted by Crippen LogP contribution is -2.30. The fraction of sp³-hybridized carbons (Fsp3) is 0.263. The minimum absolute atomic E-state index is 0.00337. The molecule has 0 aliphatic heterocycles. The first kappa shape index (κ1) is 19.3. The van der Waals surface area contributed by atoms with Gasteiger partial charge < -0.3 is 25.4 Å². The van der Waals surface area contributed by atoms with E-state index in [-0.39, 0.29) is 18.5 Å². The van der Waals surface area contributed by atoms with Gasteiger partial charge in [-0.25, -0.2) is 4.79 Å². The van der Waals surface area contributed by atoms with E-state index in [9.17, 15) is 9.59 Å². The highest BCUT2D eigenvalue weighted by Gasteiger charge is 2.04. The standard InChI is InChI=1S/C19H23N3O4/c1-25-13-18(23)21-15-5-7-16(8-6-15)22-19(24)20-12-11-14-3-9-17(26-2)10-4-14/h3-10H,11-13H2,1-2H3,(H,21,23)(H2,20,22,24). The summed E-state index contributed by atoms with van der Waals surface area (Å²) in [6.45, 7) is 0.514. The molecule has 0 aliphatic rings. The number of benzene rings is 2. The van der Waals surface area contributed by atoms with Crippen LogP contribution in [0.4, 0.5) is 16.2 Å². The van der Waals surface area contributed by atoms with Crippen LogP contribution in [0.25, 0.3) is 0 Å². The number of ether oxygens (including phenoxy) is 2. The lowest BCUT2D eigenvalue weighted by molar-refractivity contribution is -0.119. The highest BCUT2D eigenvalue weighted by atomic mass is 16.5. The average molecular weight is 357 g/mol. The van der Waals surface area contributed by atoms with Crippen molar-refractivity contribution < 1.29 is 19.1 Å². The number of methoxy groups -OCH3 is 2. The maximum atomic E-state index is 11.9. The van der Waals surface area contributed by atoms with E-state index in [0.717, 1.165) is 17.7 Å². The van der Waals surface area contributed by atoms with Crippen LogP contribution in [0.5, 0.6) is 5.75 Å². The second-order valence-corrected chi connectivity index (χ2v) is 5.54. The van der Waals surface area contributed by atoms with E-state index in [0.29, 0.717) is 17.9 Å². The van der Waals surface area contributed by atoms with Crippen LogP contribution < -0.4 is 20.7 Å². The molecular formula is C19H23N3O4. The number of carbonyl (C=O) groups excluding carboxylic acids is 2. The van der Waals surface area contributed by atoms with Gasteiger partial charge in [-0.1, -0.05) is 12.1 Å². The molecule has 3 amide bonds. The van der Waals surface area contributed by atoms with Gasteiger partial charge in [-0.2, -0.15) is 0 Å². The Morgan fingerprint density at radius 3 is 2.08 bits per heavy atom. The summed E-state index contributed by atoms with van der Waals surface area (Å²) >= 11 is 0.